The molecular weight excluding hydrogens is 410 g/mol. The molecule has 2 N–H and O–H groups in total. The van der Waals surface area contributed by atoms with E-state index in [-0.39, 0.29) is 11.4 Å². The van der Waals surface area contributed by atoms with E-state index in [0.29, 0.717) is 16.2 Å². The van der Waals surface area contributed by atoms with Crippen molar-refractivity contribution in [2.75, 3.05) is 5.32 Å². The number of nitro groups is 1. The summed E-state index contributed by atoms with van der Waals surface area (Å²) in [6.07, 6.45) is 3.54. The Bertz CT molecular complexity index is 1300. The highest BCUT2D eigenvalue weighted by atomic mass is 32.1. The molecule has 0 saturated carbocycles. The van der Waals surface area contributed by atoms with Gasteiger partial charge in [-0.25, -0.2) is 0 Å². The van der Waals surface area contributed by atoms with Gasteiger partial charge in [-0.1, -0.05) is 54.7 Å². The number of hydrogen-bond acceptors (Lipinski definition) is 4. The van der Waals surface area contributed by atoms with E-state index in [1.807, 2.05) is 60.7 Å². The number of aliphatic hydroxyl groups is 1. The van der Waals surface area contributed by atoms with E-state index in [0.717, 1.165) is 16.5 Å². The fraction of sp³-hybridized carbons (Fsp3) is 0. The minimum Gasteiger partial charge on any atom is -0.502 e. The molecule has 0 aliphatic carbocycles. The Kier molecular flexibility index (Phi) is 5.68. The maximum absolute atomic E-state index is 11.1. The number of rotatable bonds is 5. The summed E-state index contributed by atoms with van der Waals surface area (Å²) in [7, 11) is 0. The highest BCUT2D eigenvalue weighted by Gasteiger charge is 2.24. The first-order valence-electron chi connectivity index (χ1n) is 9.48. The molecule has 4 rings (SSSR count). The third-order valence-electron chi connectivity index (χ3n) is 4.80. The van der Waals surface area contributed by atoms with Gasteiger partial charge >= 0.3 is 0 Å². The Labute approximate surface area is 183 Å². The molecule has 0 amide bonds. The van der Waals surface area contributed by atoms with Gasteiger partial charge in [0.1, 0.15) is 0 Å². The molecule has 0 fully saturated rings. The Morgan fingerprint density at radius 1 is 0.903 bits per heavy atom. The van der Waals surface area contributed by atoms with Crippen LogP contribution in [0.25, 0.3) is 22.2 Å². The van der Waals surface area contributed by atoms with Gasteiger partial charge in [-0.3, -0.25) is 10.1 Å². The standard InChI is InChI=1S/C24H17N3O3S/c28-23(18-11-13-19(14-12-18)27(29)30)22(26-15-4-1-5-16-26)24(31)25-21-10-6-8-17-7-2-3-9-20(17)21/h1-16H,(H-,25,28,31)/p+1. The minimum absolute atomic E-state index is 0.0538. The van der Waals surface area contributed by atoms with Gasteiger partial charge in [-0.15, -0.1) is 0 Å². The van der Waals surface area contributed by atoms with E-state index in [1.54, 1.807) is 17.0 Å². The molecule has 0 unspecified atom stereocenters. The summed E-state index contributed by atoms with van der Waals surface area (Å²) in [6, 6.07) is 25.0. The van der Waals surface area contributed by atoms with Crippen molar-refractivity contribution in [1.29, 1.82) is 0 Å². The normalized spacial score (nSPS) is 11.6. The summed E-state index contributed by atoms with van der Waals surface area (Å²) in [6.45, 7) is 0. The number of benzene rings is 3. The average Bonchev–Trinajstić information content (AvgIpc) is 2.80. The predicted octanol–water partition coefficient (Wildman–Crippen LogP) is 5.36. The number of aliphatic hydroxyl groups excluding tert-OH is 1. The summed E-state index contributed by atoms with van der Waals surface area (Å²) in [5.74, 6) is -0.0937. The number of non-ortho nitro benzene ring substituents is 1. The van der Waals surface area contributed by atoms with E-state index in [9.17, 15) is 15.2 Å². The van der Waals surface area contributed by atoms with Crippen LogP contribution in [0.1, 0.15) is 5.56 Å². The van der Waals surface area contributed by atoms with Crippen LogP contribution < -0.4 is 9.88 Å². The van der Waals surface area contributed by atoms with Gasteiger partial charge in [-0.05, 0) is 23.6 Å². The van der Waals surface area contributed by atoms with Crippen LogP contribution >= 0.6 is 12.2 Å². The number of thiocarbonyl (C=S) groups is 1. The topological polar surface area (TPSA) is 79.3 Å². The number of aromatic nitrogens is 1. The maximum Gasteiger partial charge on any atom is 0.288 e. The van der Waals surface area contributed by atoms with Crippen LogP contribution in [0, 0.1) is 10.1 Å². The number of fused-ring (bicyclic) bond motifs is 1. The van der Waals surface area contributed by atoms with Crippen LogP contribution in [0.3, 0.4) is 0 Å². The van der Waals surface area contributed by atoms with Gasteiger partial charge in [0.25, 0.3) is 11.4 Å². The van der Waals surface area contributed by atoms with Crippen molar-refractivity contribution in [2.45, 2.75) is 0 Å². The Morgan fingerprint density at radius 2 is 1.58 bits per heavy atom. The number of nitrogens with zero attached hydrogens (tertiary/aromatic N) is 2. The number of pyridine rings is 1. The lowest BCUT2D eigenvalue weighted by Crippen LogP contribution is -2.38. The first-order chi connectivity index (χ1) is 15.0. The van der Waals surface area contributed by atoms with Crippen LogP contribution in [0.5, 0.6) is 0 Å². The molecule has 3 aromatic carbocycles. The molecule has 0 bridgehead atoms. The SMILES string of the molecule is O=[N+]([O-])c1ccc(/C(O)=C(/C(=S)Nc2cccc3ccccc23)[n+]2ccccc2)cc1. The summed E-state index contributed by atoms with van der Waals surface area (Å²) in [4.78, 5) is 10.8. The first-order valence-corrected chi connectivity index (χ1v) is 9.89. The van der Waals surface area contributed by atoms with E-state index < -0.39 is 4.92 Å². The average molecular weight is 428 g/mol. The fourth-order valence-electron chi connectivity index (χ4n) is 3.29. The van der Waals surface area contributed by atoms with Crippen molar-refractivity contribution in [2.24, 2.45) is 0 Å². The maximum atomic E-state index is 11.1. The molecule has 0 radical (unpaired) electrons. The number of nitrogens with one attached hydrogen (secondary N) is 1. The highest BCUT2D eigenvalue weighted by Crippen LogP contribution is 2.25. The van der Waals surface area contributed by atoms with Gasteiger partial charge in [-0.2, -0.15) is 4.57 Å². The zero-order valence-electron chi connectivity index (χ0n) is 16.3. The zero-order chi connectivity index (χ0) is 21.8. The quantitative estimate of drug-likeness (QED) is 0.112. The van der Waals surface area contributed by atoms with Crippen molar-refractivity contribution in [3.05, 3.63) is 113 Å². The number of anilines is 1. The van der Waals surface area contributed by atoms with Crippen molar-refractivity contribution >= 4 is 50.8 Å². The first kappa shape index (κ1) is 20.2. The van der Waals surface area contributed by atoms with Gasteiger partial charge < -0.3 is 10.4 Å². The van der Waals surface area contributed by atoms with E-state index in [1.165, 1.54) is 24.3 Å². The Balaban J connectivity index is 1.79. The highest BCUT2D eigenvalue weighted by molar-refractivity contribution is 7.81. The van der Waals surface area contributed by atoms with Crippen LogP contribution in [0.15, 0.2) is 97.3 Å². The Hall–Kier alpha value is -4.10. The number of hydrogen-bond donors (Lipinski definition) is 2. The molecule has 1 aromatic heterocycles. The van der Waals surface area contributed by atoms with Crippen molar-refractivity contribution in [1.82, 2.24) is 0 Å². The molecule has 6 nitrogen and oxygen atoms in total. The van der Waals surface area contributed by atoms with Crippen molar-refractivity contribution in [3.63, 3.8) is 0 Å². The van der Waals surface area contributed by atoms with Crippen LogP contribution in [-0.2, 0) is 0 Å². The smallest absolute Gasteiger partial charge is 0.288 e. The van der Waals surface area contributed by atoms with Crippen LogP contribution in [0.4, 0.5) is 11.4 Å². The van der Waals surface area contributed by atoms with Gasteiger partial charge in [0.15, 0.2) is 23.1 Å². The molecule has 152 valence electrons. The monoisotopic (exact) mass is 428 g/mol. The summed E-state index contributed by atoms with van der Waals surface area (Å²) in [5, 5.41) is 27.3. The third-order valence-corrected chi connectivity index (χ3v) is 5.10. The predicted molar refractivity (Wildman–Crippen MR) is 126 cm³/mol. The van der Waals surface area contributed by atoms with Crippen molar-refractivity contribution < 1.29 is 14.6 Å². The summed E-state index contributed by atoms with van der Waals surface area (Å²) >= 11 is 5.69. The molecule has 1 heterocycles. The third kappa shape index (κ3) is 4.26. The molecule has 7 heteroatoms. The van der Waals surface area contributed by atoms with Crippen LogP contribution in [0.2, 0.25) is 0 Å². The largest absolute Gasteiger partial charge is 0.502 e. The number of nitro benzene ring substituents is 1. The summed E-state index contributed by atoms with van der Waals surface area (Å²) in [5.41, 5.74) is 1.53. The van der Waals surface area contributed by atoms with Crippen LogP contribution in [-0.4, -0.2) is 15.0 Å². The molecule has 0 saturated heterocycles. The molecule has 0 aliphatic heterocycles. The lowest BCUT2D eigenvalue weighted by molar-refractivity contribution is -0.575. The zero-order valence-corrected chi connectivity index (χ0v) is 17.1. The fourth-order valence-corrected chi connectivity index (χ4v) is 3.60. The van der Waals surface area contributed by atoms with E-state index in [2.05, 4.69) is 5.32 Å². The second-order valence-electron chi connectivity index (χ2n) is 6.76. The van der Waals surface area contributed by atoms with Gasteiger partial charge in [0.05, 0.1) is 4.92 Å². The molecule has 31 heavy (non-hydrogen) atoms. The van der Waals surface area contributed by atoms with Gasteiger partial charge in [0.2, 0.25) is 0 Å². The second kappa shape index (κ2) is 8.73. The second-order valence-corrected chi connectivity index (χ2v) is 7.17. The minimum atomic E-state index is -0.482. The molecule has 0 atom stereocenters. The Morgan fingerprint density at radius 3 is 2.29 bits per heavy atom. The van der Waals surface area contributed by atoms with E-state index in [4.69, 9.17) is 12.2 Å². The lowest BCUT2D eigenvalue weighted by Gasteiger charge is -2.12. The lowest BCUT2D eigenvalue weighted by atomic mass is 10.1. The summed E-state index contributed by atoms with van der Waals surface area (Å²) < 4.78 is 1.71. The molecule has 4 aromatic rings. The molecule has 0 spiro atoms. The van der Waals surface area contributed by atoms with Crippen molar-refractivity contribution in [3.8, 4) is 0 Å². The van der Waals surface area contributed by atoms with E-state index >= 15 is 0 Å². The van der Waals surface area contributed by atoms with Gasteiger partial charge in [0, 0.05) is 40.9 Å². The molecular formula is C24H18N3O3S+. The molecule has 0 aliphatic rings.